The molecule has 11 heteroatoms. The minimum Gasteiger partial charge on any atom is -0.356 e. The van der Waals surface area contributed by atoms with E-state index < -0.39 is 15.9 Å². The molecule has 1 saturated heterocycles. The van der Waals surface area contributed by atoms with Gasteiger partial charge in [0.25, 0.3) is 10.0 Å². The van der Waals surface area contributed by atoms with Crippen LogP contribution in [-0.4, -0.2) is 65.0 Å². The average molecular weight is 541 g/mol. The van der Waals surface area contributed by atoms with E-state index in [9.17, 15) is 17.2 Å². The summed E-state index contributed by atoms with van der Waals surface area (Å²) in [5, 5.41) is 0.616. The first kappa shape index (κ1) is 26.2. The summed E-state index contributed by atoms with van der Waals surface area (Å²) in [5.74, 6) is -2.42. The Labute approximate surface area is 221 Å². The molecule has 8 nitrogen and oxygen atoms in total. The number of hydrogen-bond acceptors (Lipinski definition) is 7. The number of rotatable bonds is 8. The molecule has 0 aliphatic carbocycles. The van der Waals surface area contributed by atoms with Crippen molar-refractivity contribution in [3.63, 3.8) is 0 Å². The van der Waals surface area contributed by atoms with Crippen molar-refractivity contribution >= 4 is 26.9 Å². The molecule has 0 radical (unpaired) electrons. The van der Waals surface area contributed by atoms with Gasteiger partial charge in [-0.05, 0) is 49.1 Å². The highest BCUT2D eigenvalue weighted by Gasteiger charge is 2.37. The van der Waals surface area contributed by atoms with Crippen LogP contribution in [0.15, 0.2) is 72.1 Å². The molecule has 0 bridgehead atoms. The van der Waals surface area contributed by atoms with Gasteiger partial charge in [-0.15, -0.1) is 0 Å². The first-order valence-corrected chi connectivity index (χ1v) is 14.1. The molecule has 1 aliphatic heterocycles. The molecule has 1 aromatic carbocycles. The number of pyridine rings is 1. The van der Waals surface area contributed by atoms with Crippen molar-refractivity contribution in [3.8, 4) is 0 Å². The topological polar surface area (TPSA) is 84.2 Å². The van der Waals surface area contributed by atoms with Crippen LogP contribution >= 0.6 is 0 Å². The lowest BCUT2D eigenvalue weighted by molar-refractivity contribution is -0.0461. The maximum Gasteiger partial charge on any atom is 0.302 e. The SMILES string of the molecule is CCc1ccc(C(F)(F)CN2CCC(N(C)c3ncnc4c3ccn4S(=O)(=O)c3ccccc3)CC2)nc1. The van der Waals surface area contributed by atoms with Gasteiger partial charge in [0.15, 0.2) is 5.65 Å². The molecule has 38 heavy (non-hydrogen) atoms. The molecule has 0 saturated carbocycles. The molecule has 200 valence electrons. The number of hydrogen-bond donors (Lipinski definition) is 0. The number of benzene rings is 1. The maximum absolute atomic E-state index is 14.9. The van der Waals surface area contributed by atoms with Crippen molar-refractivity contribution < 1.29 is 17.2 Å². The quantitative estimate of drug-likeness (QED) is 0.329. The third-order valence-electron chi connectivity index (χ3n) is 7.20. The number of piperidine rings is 1. The van der Waals surface area contributed by atoms with Gasteiger partial charge in [-0.1, -0.05) is 31.2 Å². The largest absolute Gasteiger partial charge is 0.356 e. The monoisotopic (exact) mass is 540 g/mol. The van der Waals surface area contributed by atoms with E-state index in [1.54, 1.807) is 47.4 Å². The van der Waals surface area contributed by atoms with Gasteiger partial charge in [-0.3, -0.25) is 9.88 Å². The van der Waals surface area contributed by atoms with Gasteiger partial charge in [-0.2, -0.15) is 8.78 Å². The van der Waals surface area contributed by atoms with Gasteiger partial charge in [0.05, 0.1) is 16.8 Å². The highest BCUT2D eigenvalue weighted by molar-refractivity contribution is 7.90. The van der Waals surface area contributed by atoms with Crippen LogP contribution < -0.4 is 4.90 Å². The fourth-order valence-electron chi connectivity index (χ4n) is 4.95. The molecule has 1 fully saturated rings. The summed E-state index contributed by atoms with van der Waals surface area (Å²) in [4.78, 5) is 16.7. The van der Waals surface area contributed by atoms with Gasteiger partial charge >= 0.3 is 5.92 Å². The molecular formula is C27H30F2N6O2S. The van der Waals surface area contributed by atoms with Crippen LogP contribution in [0.2, 0.25) is 0 Å². The van der Waals surface area contributed by atoms with Gasteiger partial charge in [-0.25, -0.2) is 22.4 Å². The second-order valence-electron chi connectivity index (χ2n) is 9.59. The van der Waals surface area contributed by atoms with Gasteiger partial charge in [0.2, 0.25) is 0 Å². The zero-order valence-corrected chi connectivity index (χ0v) is 22.2. The third-order valence-corrected chi connectivity index (χ3v) is 8.88. The van der Waals surface area contributed by atoms with E-state index in [2.05, 4.69) is 15.0 Å². The van der Waals surface area contributed by atoms with Crippen LogP contribution in [0.25, 0.3) is 11.0 Å². The summed E-state index contributed by atoms with van der Waals surface area (Å²) in [6.07, 6.45) is 6.46. The number of nitrogens with zero attached hydrogens (tertiary/aromatic N) is 6. The Hall–Kier alpha value is -3.44. The Kier molecular flexibility index (Phi) is 7.15. The number of anilines is 1. The molecule has 0 unspecified atom stereocenters. The Bertz CT molecular complexity index is 1500. The first-order valence-electron chi connectivity index (χ1n) is 12.6. The number of aryl methyl sites for hydroxylation is 1. The van der Waals surface area contributed by atoms with Crippen molar-refractivity contribution in [1.29, 1.82) is 0 Å². The van der Waals surface area contributed by atoms with E-state index in [0.717, 1.165) is 12.0 Å². The number of aromatic nitrogens is 4. The highest BCUT2D eigenvalue weighted by Crippen LogP contribution is 2.32. The van der Waals surface area contributed by atoms with E-state index in [0.29, 0.717) is 42.8 Å². The summed E-state index contributed by atoms with van der Waals surface area (Å²) in [7, 11) is -1.91. The van der Waals surface area contributed by atoms with E-state index in [1.807, 2.05) is 18.9 Å². The summed E-state index contributed by atoms with van der Waals surface area (Å²) in [5.41, 5.74) is 1.02. The zero-order valence-electron chi connectivity index (χ0n) is 21.3. The molecule has 0 atom stereocenters. The summed E-state index contributed by atoms with van der Waals surface area (Å²) < 4.78 is 57.4. The van der Waals surface area contributed by atoms with Crippen LogP contribution in [-0.2, 0) is 22.4 Å². The summed E-state index contributed by atoms with van der Waals surface area (Å²) in [6, 6.07) is 13.1. The number of fused-ring (bicyclic) bond motifs is 1. The van der Waals surface area contributed by atoms with Crippen molar-refractivity contribution in [2.24, 2.45) is 0 Å². The van der Waals surface area contributed by atoms with Crippen molar-refractivity contribution in [1.82, 2.24) is 23.8 Å². The second kappa shape index (κ2) is 10.4. The molecular weight excluding hydrogens is 510 g/mol. The number of halogens is 2. The Morgan fingerprint density at radius 2 is 1.76 bits per heavy atom. The molecule has 4 aromatic rings. The Morgan fingerprint density at radius 3 is 2.42 bits per heavy atom. The van der Waals surface area contributed by atoms with Gasteiger partial charge in [0.1, 0.15) is 17.8 Å². The smallest absolute Gasteiger partial charge is 0.302 e. The van der Waals surface area contributed by atoms with E-state index in [-0.39, 0.29) is 23.2 Å². The predicted molar refractivity (Wildman–Crippen MR) is 142 cm³/mol. The molecule has 5 rings (SSSR count). The molecule has 0 amide bonds. The van der Waals surface area contributed by atoms with E-state index in [4.69, 9.17) is 0 Å². The molecule has 1 aliphatic rings. The van der Waals surface area contributed by atoms with Crippen molar-refractivity contribution in [2.45, 2.75) is 43.0 Å². The van der Waals surface area contributed by atoms with Crippen LogP contribution in [0, 0.1) is 0 Å². The normalized spacial score (nSPS) is 15.7. The first-order chi connectivity index (χ1) is 18.2. The van der Waals surface area contributed by atoms with Gasteiger partial charge < -0.3 is 4.90 Å². The minimum absolute atomic E-state index is 0.0639. The third kappa shape index (κ3) is 5.00. The minimum atomic E-state index is -3.82. The summed E-state index contributed by atoms with van der Waals surface area (Å²) >= 11 is 0. The van der Waals surface area contributed by atoms with Crippen molar-refractivity contribution in [2.75, 3.05) is 31.6 Å². The average Bonchev–Trinajstić information content (AvgIpc) is 3.39. The lowest BCUT2D eigenvalue weighted by Gasteiger charge is -2.38. The van der Waals surface area contributed by atoms with E-state index >= 15 is 0 Å². The summed E-state index contributed by atoms with van der Waals surface area (Å²) in [6.45, 7) is 2.61. The number of alkyl halides is 2. The molecule has 4 heterocycles. The van der Waals surface area contributed by atoms with Crippen LogP contribution in [0.4, 0.5) is 14.6 Å². The number of likely N-dealkylation sites (tertiary alicyclic amines) is 1. The lowest BCUT2D eigenvalue weighted by Crippen LogP contribution is -2.46. The molecule has 0 spiro atoms. The fourth-order valence-corrected chi connectivity index (χ4v) is 6.27. The fraction of sp³-hybridized carbons (Fsp3) is 0.370. The Morgan fingerprint density at radius 1 is 1.03 bits per heavy atom. The highest BCUT2D eigenvalue weighted by atomic mass is 32.2. The molecule has 0 N–H and O–H groups in total. The Balaban J connectivity index is 1.29. The maximum atomic E-state index is 14.9. The zero-order chi connectivity index (χ0) is 26.9. The van der Waals surface area contributed by atoms with Gasteiger partial charge in [0, 0.05) is 38.6 Å². The second-order valence-corrected chi connectivity index (χ2v) is 11.4. The van der Waals surface area contributed by atoms with Crippen LogP contribution in [0.1, 0.15) is 31.0 Å². The van der Waals surface area contributed by atoms with Crippen LogP contribution in [0.3, 0.4) is 0 Å². The molecule has 3 aromatic heterocycles. The standard InChI is InChI=1S/C27H30F2N6O2S/c1-3-20-9-10-24(30-17-20)27(28,29)18-34-14-11-21(12-15-34)33(2)25-23-13-16-35(26(23)32-19-31-25)38(36,37)22-7-5-4-6-8-22/h4-10,13,16-17,19,21H,3,11-12,14-15,18H2,1-2H3. The van der Waals surface area contributed by atoms with E-state index in [1.165, 1.54) is 28.8 Å². The lowest BCUT2D eigenvalue weighted by atomic mass is 10.0. The predicted octanol–water partition coefficient (Wildman–Crippen LogP) is 4.32. The van der Waals surface area contributed by atoms with Crippen molar-refractivity contribution in [3.05, 3.63) is 78.5 Å². The van der Waals surface area contributed by atoms with Crippen LogP contribution in [0.5, 0.6) is 0 Å².